The Balaban J connectivity index is 1.51. The van der Waals surface area contributed by atoms with Gasteiger partial charge in [0.1, 0.15) is 11.2 Å². The van der Waals surface area contributed by atoms with E-state index in [0.717, 1.165) is 37.8 Å². The molecule has 2 aliphatic heterocycles. The number of anilines is 1. The standard InChI is InChI=1S/C36H43ClN2O7/c1-38-15-4-3-7-30(40)27-11-8-24(27)20-39-21-35(14-5-6-23-16-26(37)10-12-28(23)35)22-46-31-13-9-25(17-29(31)39)36(18-32(38)41,19-33(42)43)34(44)45-2/h3,7,9-10,12-13,16-17,24,27,30,40H,4-6,8,11,14-15,18-22H2,1-2H3,(H,42,43)/b7-3+/t24-,27+,30?,35-,36+/m0/s1. The second kappa shape index (κ2) is 12.9. The van der Waals surface area contributed by atoms with E-state index in [9.17, 15) is 24.6 Å². The molecule has 246 valence electrons. The molecule has 46 heavy (non-hydrogen) atoms. The predicted octanol–water partition coefficient (Wildman–Crippen LogP) is 4.89. The smallest absolute Gasteiger partial charge is 0.317 e. The van der Waals surface area contributed by atoms with Crippen molar-refractivity contribution in [3.63, 3.8) is 0 Å². The number of benzene rings is 2. The number of nitrogens with zero attached hydrogens (tertiary/aromatic N) is 2. The van der Waals surface area contributed by atoms with E-state index in [4.69, 9.17) is 21.1 Å². The summed E-state index contributed by atoms with van der Waals surface area (Å²) in [4.78, 5) is 43.4. The normalized spacial score (nSPS) is 30.3. The number of hydrogen-bond donors (Lipinski definition) is 2. The highest BCUT2D eigenvalue weighted by molar-refractivity contribution is 6.30. The summed E-state index contributed by atoms with van der Waals surface area (Å²) in [6, 6.07) is 11.5. The van der Waals surface area contributed by atoms with Crippen LogP contribution in [0.25, 0.3) is 0 Å². The lowest BCUT2D eigenvalue weighted by atomic mass is 9.68. The summed E-state index contributed by atoms with van der Waals surface area (Å²) in [5.74, 6) is -1.39. The zero-order valence-electron chi connectivity index (χ0n) is 26.5. The van der Waals surface area contributed by atoms with E-state index >= 15 is 0 Å². The molecule has 1 spiro atoms. The quantitative estimate of drug-likeness (QED) is 0.356. The SMILES string of the molecule is COC(=O)[C@@]1(CC(=O)O)CC(=O)N(C)CC/C=C/C(O)[C@@H]2CC[C@H]2CN2C[C@@]3(CCCc4cc(Cl)ccc43)COc3ccc1cc32. The van der Waals surface area contributed by atoms with Gasteiger partial charge in [0, 0.05) is 43.5 Å². The van der Waals surface area contributed by atoms with E-state index in [1.54, 1.807) is 19.2 Å². The van der Waals surface area contributed by atoms with E-state index in [1.807, 2.05) is 24.3 Å². The molecule has 1 unspecified atom stereocenters. The van der Waals surface area contributed by atoms with Crippen LogP contribution in [0.2, 0.25) is 5.02 Å². The minimum atomic E-state index is -1.74. The third kappa shape index (κ3) is 5.99. The highest BCUT2D eigenvalue weighted by atomic mass is 35.5. The molecule has 2 aliphatic carbocycles. The van der Waals surface area contributed by atoms with Crippen LogP contribution in [0.3, 0.4) is 0 Å². The Morgan fingerprint density at radius 3 is 2.74 bits per heavy atom. The van der Waals surface area contributed by atoms with E-state index in [2.05, 4.69) is 17.0 Å². The zero-order chi connectivity index (χ0) is 32.6. The highest BCUT2D eigenvalue weighted by Crippen LogP contribution is 2.48. The van der Waals surface area contributed by atoms with Gasteiger partial charge in [-0.15, -0.1) is 0 Å². The van der Waals surface area contributed by atoms with Crippen LogP contribution in [0.1, 0.15) is 61.6 Å². The van der Waals surface area contributed by atoms with Crippen LogP contribution in [0, 0.1) is 11.8 Å². The molecule has 4 aliphatic rings. The minimum Gasteiger partial charge on any atom is -0.490 e. The van der Waals surface area contributed by atoms with Crippen LogP contribution >= 0.6 is 11.6 Å². The fourth-order valence-electron chi connectivity index (χ4n) is 8.11. The number of aliphatic hydroxyl groups excluding tert-OH is 1. The van der Waals surface area contributed by atoms with Crippen molar-refractivity contribution in [2.24, 2.45) is 11.8 Å². The van der Waals surface area contributed by atoms with Crippen molar-refractivity contribution in [2.45, 2.75) is 68.3 Å². The Kier molecular flexibility index (Phi) is 9.09. The molecule has 10 heteroatoms. The molecule has 2 N–H and O–H groups in total. The second-order valence-electron chi connectivity index (χ2n) is 13.6. The lowest BCUT2D eigenvalue weighted by molar-refractivity contribution is -0.155. The molecule has 1 amide bonds. The van der Waals surface area contributed by atoms with Gasteiger partial charge in [-0.3, -0.25) is 14.4 Å². The van der Waals surface area contributed by atoms with Crippen molar-refractivity contribution >= 4 is 35.1 Å². The average molecular weight is 651 g/mol. The first-order chi connectivity index (χ1) is 22.0. The fourth-order valence-corrected chi connectivity index (χ4v) is 8.31. The number of aryl methyl sites for hydroxylation is 1. The number of amides is 1. The molecule has 2 aromatic rings. The van der Waals surface area contributed by atoms with Crippen molar-refractivity contribution in [3.8, 4) is 5.75 Å². The summed E-state index contributed by atoms with van der Waals surface area (Å²) in [7, 11) is 2.86. The zero-order valence-corrected chi connectivity index (χ0v) is 27.3. The number of fused-ring (bicyclic) bond motifs is 4. The molecule has 2 heterocycles. The van der Waals surface area contributed by atoms with Gasteiger partial charge < -0.3 is 29.5 Å². The van der Waals surface area contributed by atoms with E-state index in [0.29, 0.717) is 49.0 Å². The number of rotatable bonds is 3. The molecular weight excluding hydrogens is 608 g/mol. The Morgan fingerprint density at radius 2 is 2.00 bits per heavy atom. The fraction of sp³-hybridized carbons (Fsp3) is 0.528. The Morgan fingerprint density at radius 1 is 1.17 bits per heavy atom. The number of carbonyl (C=O) groups excluding carboxylic acids is 2. The lowest BCUT2D eigenvalue weighted by Crippen LogP contribution is -2.49. The molecule has 5 atom stereocenters. The van der Waals surface area contributed by atoms with Gasteiger partial charge in [-0.25, -0.2) is 0 Å². The summed E-state index contributed by atoms with van der Waals surface area (Å²) in [5, 5.41) is 21.9. The van der Waals surface area contributed by atoms with Crippen molar-refractivity contribution in [1.82, 2.24) is 4.90 Å². The number of esters is 1. The first-order valence-electron chi connectivity index (χ1n) is 16.3. The first kappa shape index (κ1) is 32.4. The van der Waals surface area contributed by atoms with E-state index in [1.165, 1.54) is 23.1 Å². The monoisotopic (exact) mass is 650 g/mol. The number of ether oxygens (including phenoxy) is 2. The largest absolute Gasteiger partial charge is 0.490 e. The van der Waals surface area contributed by atoms with Gasteiger partial charge in [0.2, 0.25) is 5.91 Å². The van der Waals surface area contributed by atoms with Crippen molar-refractivity contribution in [2.75, 3.05) is 45.3 Å². The molecule has 0 radical (unpaired) electrons. The third-order valence-corrected chi connectivity index (χ3v) is 11.1. The molecule has 1 fully saturated rings. The van der Waals surface area contributed by atoms with Crippen molar-refractivity contribution < 1.29 is 34.1 Å². The molecule has 2 bridgehead atoms. The summed E-state index contributed by atoms with van der Waals surface area (Å²) >= 11 is 6.42. The molecule has 0 aromatic heterocycles. The minimum absolute atomic E-state index is 0.0916. The average Bonchev–Trinajstić information content (AvgIpc) is 3.16. The first-order valence-corrected chi connectivity index (χ1v) is 16.6. The molecule has 6 rings (SSSR count). The lowest BCUT2D eigenvalue weighted by Gasteiger charge is -2.45. The second-order valence-corrected chi connectivity index (χ2v) is 14.1. The van der Waals surface area contributed by atoms with Crippen molar-refractivity contribution in [1.29, 1.82) is 0 Å². The van der Waals surface area contributed by atoms with Crippen LogP contribution < -0.4 is 9.64 Å². The van der Waals surface area contributed by atoms with Gasteiger partial charge in [0.05, 0.1) is 31.9 Å². The summed E-state index contributed by atoms with van der Waals surface area (Å²) in [5.41, 5.74) is 1.53. The molecule has 0 saturated heterocycles. The van der Waals surface area contributed by atoms with Gasteiger partial charge >= 0.3 is 11.9 Å². The highest BCUT2D eigenvalue weighted by Gasteiger charge is 2.48. The number of carboxylic acids is 1. The molecule has 2 aromatic carbocycles. The van der Waals surface area contributed by atoms with Crippen LogP contribution in [-0.4, -0.2) is 79.5 Å². The molecule has 9 nitrogen and oxygen atoms in total. The van der Waals surface area contributed by atoms with E-state index in [-0.39, 0.29) is 29.6 Å². The third-order valence-electron chi connectivity index (χ3n) is 10.8. The summed E-state index contributed by atoms with van der Waals surface area (Å²) in [6.07, 6.45) is 7.45. The van der Waals surface area contributed by atoms with Gasteiger partial charge in [0.25, 0.3) is 0 Å². The summed E-state index contributed by atoms with van der Waals surface area (Å²) < 4.78 is 11.9. The Labute approximate surface area is 275 Å². The summed E-state index contributed by atoms with van der Waals surface area (Å²) in [6.45, 7) is 2.11. The number of methoxy groups -OCH3 is 1. The van der Waals surface area contributed by atoms with E-state index < -0.39 is 29.9 Å². The Hall–Kier alpha value is -3.56. The number of aliphatic carboxylic acids is 1. The predicted molar refractivity (Wildman–Crippen MR) is 174 cm³/mol. The number of carboxylic acid groups (broad SMARTS) is 1. The van der Waals surface area contributed by atoms with Crippen LogP contribution in [0.4, 0.5) is 5.69 Å². The molecular formula is C36H43ClN2O7. The number of carbonyl (C=O) groups is 3. The van der Waals surface area contributed by atoms with Gasteiger partial charge in [0.15, 0.2) is 0 Å². The molecule has 1 saturated carbocycles. The van der Waals surface area contributed by atoms with Gasteiger partial charge in [-0.2, -0.15) is 0 Å². The number of hydrogen-bond acceptors (Lipinski definition) is 7. The maximum Gasteiger partial charge on any atom is 0.317 e. The maximum atomic E-state index is 13.6. The van der Waals surface area contributed by atoms with Crippen molar-refractivity contribution in [3.05, 3.63) is 70.3 Å². The van der Waals surface area contributed by atoms with Crippen LogP contribution in [0.15, 0.2) is 48.6 Å². The topological polar surface area (TPSA) is 117 Å². The van der Waals surface area contributed by atoms with Crippen LogP contribution in [0.5, 0.6) is 5.75 Å². The maximum absolute atomic E-state index is 13.6. The number of aliphatic hydroxyl groups is 1. The Bertz CT molecular complexity index is 1540. The van der Waals surface area contributed by atoms with Gasteiger partial charge in [-0.1, -0.05) is 35.9 Å². The van der Waals surface area contributed by atoms with Crippen LogP contribution in [-0.2, 0) is 36.4 Å². The van der Waals surface area contributed by atoms with Gasteiger partial charge in [-0.05, 0) is 91.3 Å². The number of halogens is 1.